The molecule has 0 heterocycles. The molecule has 0 bridgehead atoms. The second-order valence-corrected chi connectivity index (χ2v) is 5.41. The number of halogens is 1. The molecule has 74 valence electrons. The van der Waals surface area contributed by atoms with E-state index >= 15 is 0 Å². The molecule has 14 heavy (non-hydrogen) atoms. The zero-order valence-corrected chi connectivity index (χ0v) is 9.06. The standard InChI is InChI=1S/C9H8ClNO2S/c1-7-2-3-8(4-5-11)6-9(7)14(10,12)13/h2-3,6H,4H2,1H3. The fourth-order valence-electron chi connectivity index (χ4n) is 1.11. The zero-order valence-electron chi connectivity index (χ0n) is 7.49. The van der Waals surface area contributed by atoms with Gasteiger partial charge in [0, 0.05) is 10.7 Å². The van der Waals surface area contributed by atoms with Gasteiger partial charge in [-0.1, -0.05) is 12.1 Å². The minimum atomic E-state index is -3.71. The van der Waals surface area contributed by atoms with Gasteiger partial charge in [-0.15, -0.1) is 0 Å². The van der Waals surface area contributed by atoms with Crippen molar-refractivity contribution in [1.29, 1.82) is 5.26 Å². The number of benzene rings is 1. The Morgan fingerprint density at radius 2 is 2.14 bits per heavy atom. The summed E-state index contributed by atoms with van der Waals surface area (Å²) in [6, 6.07) is 6.73. The molecule has 5 heteroatoms. The number of rotatable bonds is 2. The van der Waals surface area contributed by atoms with Crippen molar-refractivity contribution >= 4 is 19.7 Å². The molecule has 0 atom stereocenters. The van der Waals surface area contributed by atoms with Crippen LogP contribution in [-0.2, 0) is 15.5 Å². The summed E-state index contributed by atoms with van der Waals surface area (Å²) in [5, 5.41) is 8.45. The van der Waals surface area contributed by atoms with E-state index in [0.29, 0.717) is 11.1 Å². The van der Waals surface area contributed by atoms with Crippen molar-refractivity contribution in [2.75, 3.05) is 0 Å². The fraction of sp³-hybridized carbons (Fsp3) is 0.222. The molecule has 0 saturated heterocycles. The van der Waals surface area contributed by atoms with E-state index in [-0.39, 0.29) is 11.3 Å². The topological polar surface area (TPSA) is 57.9 Å². The maximum atomic E-state index is 11.1. The van der Waals surface area contributed by atoms with Gasteiger partial charge in [0.25, 0.3) is 9.05 Å². The summed E-state index contributed by atoms with van der Waals surface area (Å²) in [7, 11) is 1.51. The van der Waals surface area contributed by atoms with E-state index in [2.05, 4.69) is 0 Å². The quantitative estimate of drug-likeness (QED) is 0.729. The lowest BCUT2D eigenvalue weighted by atomic mass is 10.1. The monoisotopic (exact) mass is 229 g/mol. The van der Waals surface area contributed by atoms with Gasteiger partial charge in [-0.2, -0.15) is 5.26 Å². The van der Waals surface area contributed by atoms with Crippen LogP contribution in [0.2, 0.25) is 0 Å². The molecule has 1 aromatic rings. The number of aryl methyl sites for hydroxylation is 1. The molecule has 1 rings (SSSR count). The molecule has 0 aliphatic rings. The van der Waals surface area contributed by atoms with Gasteiger partial charge in [0.15, 0.2) is 0 Å². The largest absolute Gasteiger partial charge is 0.261 e. The van der Waals surface area contributed by atoms with Gasteiger partial charge in [-0.3, -0.25) is 0 Å². The van der Waals surface area contributed by atoms with E-state index in [1.54, 1.807) is 19.1 Å². The minimum Gasteiger partial charge on any atom is -0.207 e. The average Bonchev–Trinajstić information content (AvgIpc) is 2.07. The van der Waals surface area contributed by atoms with Crippen LogP contribution in [0.15, 0.2) is 23.1 Å². The van der Waals surface area contributed by atoms with Crippen LogP contribution >= 0.6 is 10.7 Å². The van der Waals surface area contributed by atoms with Gasteiger partial charge in [0.1, 0.15) is 0 Å². The first-order valence-electron chi connectivity index (χ1n) is 3.86. The number of hydrogen-bond donors (Lipinski definition) is 0. The van der Waals surface area contributed by atoms with Crippen molar-refractivity contribution in [3.8, 4) is 6.07 Å². The van der Waals surface area contributed by atoms with Crippen molar-refractivity contribution < 1.29 is 8.42 Å². The highest BCUT2D eigenvalue weighted by Crippen LogP contribution is 2.20. The van der Waals surface area contributed by atoms with Gasteiger partial charge in [0.2, 0.25) is 0 Å². The second-order valence-electron chi connectivity index (χ2n) is 2.87. The van der Waals surface area contributed by atoms with Gasteiger partial charge in [-0.25, -0.2) is 8.42 Å². The lowest BCUT2D eigenvalue weighted by Gasteiger charge is -2.03. The highest BCUT2D eigenvalue weighted by molar-refractivity contribution is 8.13. The van der Waals surface area contributed by atoms with E-state index in [4.69, 9.17) is 15.9 Å². The van der Waals surface area contributed by atoms with Crippen molar-refractivity contribution in [2.24, 2.45) is 0 Å². The van der Waals surface area contributed by atoms with E-state index in [1.165, 1.54) is 6.07 Å². The highest BCUT2D eigenvalue weighted by atomic mass is 35.7. The Morgan fingerprint density at radius 3 is 2.64 bits per heavy atom. The molecule has 0 amide bonds. The average molecular weight is 230 g/mol. The Hall–Kier alpha value is -1.05. The normalized spacial score (nSPS) is 10.9. The van der Waals surface area contributed by atoms with Crippen molar-refractivity contribution in [1.82, 2.24) is 0 Å². The number of hydrogen-bond acceptors (Lipinski definition) is 3. The first-order valence-corrected chi connectivity index (χ1v) is 6.17. The second kappa shape index (κ2) is 3.99. The van der Waals surface area contributed by atoms with Crippen LogP contribution in [0.25, 0.3) is 0 Å². The lowest BCUT2D eigenvalue weighted by Crippen LogP contribution is -1.96. The Morgan fingerprint density at radius 1 is 1.50 bits per heavy atom. The smallest absolute Gasteiger partial charge is 0.207 e. The van der Waals surface area contributed by atoms with Gasteiger partial charge >= 0.3 is 0 Å². The molecule has 0 unspecified atom stereocenters. The Labute approximate surface area is 87.4 Å². The maximum Gasteiger partial charge on any atom is 0.261 e. The van der Waals surface area contributed by atoms with Crippen LogP contribution in [0.1, 0.15) is 11.1 Å². The molecule has 0 spiro atoms. The first-order chi connectivity index (χ1) is 6.45. The minimum absolute atomic E-state index is 0.0758. The fourth-order valence-corrected chi connectivity index (χ4v) is 2.35. The van der Waals surface area contributed by atoms with Crippen LogP contribution in [0.4, 0.5) is 0 Å². The first kappa shape index (κ1) is 11.0. The third-order valence-corrected chi connectivity index (χ3v) is 3.26. The Kier molecular flexibility index (Phi) is 3.14. The summed E-state index contributed by atoms with van der Waals surface area (Å²) in [6.07, 6.45) is 0.180. The third-order valence-electron chi connectivity index (χ3n) is 1.80. The van der Waals surface area contributed by atoms with E-state index in [9.17, 15) is 8.42 Å². The van der Waals surface area contributed by atoms with Crippen molar-refractivity contribution in [2.45, 2.75) is 18.2 Å². The zero-order chi connectivity index (χ0) is 10.8. The highest BCUT2D eigenvalue weighted by Gasteiger charge is 2.13. The van der Waals surface area contributed by atoms with E-state index < -0.39 is 9.05 Å². The van der Waals surface area contributed by atoms with Crippen LogP contribution in [0, 0.1) is 18.3 Å². The molecule has 0 N–H and O–H groups in total. The predicted molar refractivity (Wildman–Crippen MR) is 53.5 cm³/mol. The molecular weight excluding hydrogens is 222 g/mol. The molecular formula is C9H8ClNO2S. The van der Waals surface area contributed by atoms with Gasteiger partial charge in [0.05, 0.1) is 17.4 Å². The van der Waals surface area contributed by atoms with Crippen LogP contribution in [0.5, 0.6) is 0 Å². The molecule has 3 nitrogen and oxygen atoms in total. The summed E-state index contributed by atoms with van der Waals surface area (Å²) in [5.41, 5.74) is 1.24. The SMILES string of the molecule is Cc1ccc(CC#N)cc1S(=O)(=O)Cl. The molecule has 1 aromatic carbocycles. The van der Waals surface area contributed by atoms with Crippen molar-refractivity contribution in [3.05, 3.63) is 29.3 Å². The summed E-state index contributed by atoms with van der Waals surface area (Å²) in [6.45, 7) is 1.66. The Balaban J connectivity index is 3.31. The summed E-state index contributed by atoms with van der Waals surface area (Å²) < 4.78 is 22.2. The van der Waals surface area contributed by atoms with E-state index in [1.807, 2.05) is 6.07 Å². The molecule has 0 aromatic heterocycles. The van der Waals surface area contributed by atoms with Crippen LogP contribution in [0.3, 0.4) is 0 Å². The van der Waals surface area contributed by atoms with Gasteiger partial charge in [-0.05, 0) is 24.1 Å². The molecule has 0 aliphatic carbocycles. The third kappa shape index (κ3) is 2.47. The van der Waals surface area contributed by atoms with Crippen molar-refractivity contribution in [3.63, 3.8) is 0 Å². The van der Waals surface area contributed by atoms with Gasteiger partial charge < -0.3 is 0 Å². The number of nitrogens with zero attached hydrogens (tertiary/aromatic N) is 1. The Bertz CT molecular complexity index is 488. The van der Waals surface area contributed by atoms with Crippen LogP contribution in [-0.4, -0.2) is 8.42 Å². The molecule has 0 saturated carbocycles. The maximum absolute atomic E-state index is 11.1. The molecule has 0 radical (unpaired) electrons. The van der Waals surface area contributed by atoms with Crippen LogP contribution < -0.4 is 0 Å². The summed E-state index contributed by atoms with van der Waals surface area (Å²) in [4.78, 5) is 0.0758. The van der Waals surface area contributed by atoms with E-state index in [0.717, 1.165) is 0 Å². The lowest BCUT2D eigenvalue weighted by molar-refractivity contribution is 0.609. The summed E-state index contributed by atoms with van der Waals surface area (Å²) >= 11 is 0. The number of nitriles is 1. The summed E-state index contributed by atoms with van der Waals surface area (Å²) in [5.74, 6) is 0. The predicted octanol–water partition coefficient (Wildman–Crippen LogP) is 1.99. The molecule has 0 fully saturated rings. The molecule has 0 aliphatic heterocycles.